The summed E-state index contributed by atoms with van der Waals surface area (Å²) in [6.45, 7) is 5.80. The summed E-state index contributed by atoms with van der Waals surface area (Å²) in [6, 6.07) is 15.2. The lowest BCUT2D eigenvalue weighted by Crippen LogP contribution is -2.27. The Morgan fingerprint density at radius 3 is 2.52 bits per heavy atom. The van der Waals surface area contributed by atoms with Gasteiger partial charge in [0.1, 0.15) is 18.0 Å². The molecule has 0 aliphatic rings. The van der Waals surface area contributed by atoms with E-state index in [1.54, 1.807) is 32.9 Å². The largest absolute Gasteiger partial charge is 0.488 e. The number of hydrogen-bond donors (Lipinski definition) is 1. The van der Waals surface area contributed by atoms with Crippen molar-refractivity contribution in [3.05, 3.63) is 54.1 Å². The first-order valence-corrected chi connectivity index (χ1v) is 8.02. The topological polar surface area (TPSA) is 79.4 Å². The molecule has 1 heterocycles. The number of carbonyl (C=O) groups is 1. The zero-order valence-corrected chi connectivity index (χ0v) is 14.5. The van der Waals surface area contributed by atoms with Gasteiger partial charge in [0.25, 0.3) is 0 Å². The second-order valence-corrected chi connectivity index (χ2v) is 6.70. The number of anilines is 1. The van der Waals surface area contributed by atoms with E-state index >= 15 is 0 Å². The first-order valence-electron chi connectivity index (χ1n) is 8.02. The van der Waals surface area contributed by atoms with Crippen molar-refractivity contribution >= 4 is 22.8 Å². The lowest BCUT2D eigenvalue weighted by atomic mass is 10.2. The van der Waals surface area contributed by atoms with Gasteiger partial charge < -0.3 is 15.2 Å². The lowest BCUT2D eigenvalue weighted by Gasteiger charge is -2.19. The molecule has 25 heavy (non-hydrogen) atoms. The Balaban J connectivity index is 1.92. The van der Waals surface area contributed by atoms with Gasteiger partial charge in [0.15, 0.2) is 5.82 Å². The molecule has 0 amide bonds. The maximum atomic E-state index is 12.4. The van der Waals surface area contributed by atoms with Gasteiger partial charge in [0.05, 0.1) is 10.9 Å². The van der Waals surface area contributed by atoms with E-state index in [4.69, 9.17) is 15.2 Å². The fourth-order valence-corrected chi connectivity index (χ4v) is 2.47. The number of rotatable bonds is 3. The van der Waals surface area contributed by atoms with Gasteiger partial charge in [-0.3, -0.25) is 0 Å². The zero-order valence-electron chi connectivity index (χ0n) is 14.5. The molecule has 6 heteroatoms. The Labute approximate surface area is 146 Å². The van der Waals surface area contributed by atoms with E-state index in [2.05, 4.69) is 5.10 Å². The standard InChI is InChI=1S/C19H21N3O3/c1-19(2,3)25-18(23)22-14-10-7-11-15(16(14)17(20)21-22)24-12-13-8-5-4-6-9-13/h4-11H,12H2,1-3H3,(H2,20,21). The van der Waals surface area contributed by atoms with Gasteiger partial charge in [-0.1, -0.05) is 36.4 Å². The minimum absolute atomic E-state index is 0.226. The summed E-state index contributed by atoms with van der Waals surface area (Å²) in [4.78, 5) is 12.4. The van der Waals surface area contributed by atoms with Gasteiger partial charge in [0.2, 0.25) is 0 Å². The Kier molecular flexibility index (Phi) is 4.35. The van der Waals surface area contributed by atoms with Crippen LogP contribution in [-0.2, 0) is 11.3 Å². The molecular formula is C19H21N3O3. The summed E-state index contributed by atoms with van der Waals surface area (Å²) in [5.74, 6) is 0.804. The Hall–Kier alpha value is -3.02. The predicted octanol–water partition coefficient (Wildman–Crippen LogP) is 3.98. The lowest BCUT2D eigenvalue weighted by molar-refractivity contribution is 0.0523. The zero-order chi connectivity index (χ0) is 18.0. The quantitative estimate of drug-likeness (QED) is 0.781. The van der Waals surface area contributed by atoms with Crippen molar-refractivity contribution in [2.45, 2.75) is 33.0 Å². The number of nitrogen functional groups attached to an aromatic ring is 1. The highest BCUT2D eigenvalue weighted by Crippen LogP contribution is 2.31. The molecule has 0 saturated heterocycles. The average molecular weight is 339 g/mol. The van der Waals surface area contributed by atoms with Gasteiger partial charge in [-0.15, -0.1) is 5.10 Å². The van der Waals surface area contributed by atoms with Crippen molar-refractivity contribution in [2.24, 2.45) is 0 Å². The van der Waals surface area contributed by atoms with Crippen molar-refractivity contribution in [3.63, 3.8) is 0 Å². The molecule has 0 fully saturated rings. The van der Waals surface area contributed by atoms with Crippen LogP contribution in [0.1, 0.15) is 26.3 Å². The van der Waals surface area contributed by atoms with Crippen LogP contribution in [0.5, 0.6) is 5.75 Å². The summed E-state index contributed by atoms with van der Waals surface area (Å²) in [6.07, 6.45) is -0.575. The van der Waals surface area contributed by atoms with Crippen molar-refractivity contribution in [3.8, 4) is 5.75 Å². The van der Waals surface area contributed by atoms with Crippen LogP contribution in [0.15, 0.2) is 48.5 Å². The summed E-state index contributed by atoms with van der Waals surface area (Å²) >= 11 is 0. The average Bonchev–Trinajstić information content (AvgIpc) is 2.90. The second kappa shape index (κ2) is 6.47. The van der Waals surface area contributed by atoms with E-state index in [9.17, 15) is 4.79 Å². The summed E-state index contributed by atoms with van der Waals surface area (Å²) in [5.41, 5.74) is 7.00. The number of hydrogen-bond acceptors (Lipinski definition) is 5. The highest BCUT2D eigenvalue weighted by Gasteiger charge is 2.22. The Morgan fingerprint density at radius 2 is 1.84 bits per heavy atom. The summed E-state index contributed by atoms with van der Waals surface area (Å²) in [7, 11) is 0. The van der Waals surface area contributed by atoms with E-state index < -0.39 is 11.7 Å². The predicted molar refractivity (Wildman–Crippen MR) is 96.6 cm³/mol. The molecule has 6 nitrogen and oxygen atoms in total. The van der Waals surface area contributed by atoms with Crippen LogP contribution in [-0.4, -0.2) is 21.5 Å². The van der Waals surface area contributed by atoms with Crippen LogP contribution in [0.2, 0.25) is 0 Å². The third-order valence-corrected chi connectivity index (χ3v) is 3.50. The molecule has 0 bridgehead atoms. The van der Waals surface area contributed by atoms with Crippen molar-refractivity contribution in [1.82, 2.24) is 9.78 Å². The first kappa shape index (κ1) is 16.8. The van der Waals surface area contributed by atoms with Crippen LogP contribution in [0.3, 0.4) is 0 Å². The molecule has 0 spiro atoms. The van der Waals surface area contributed by atoms with Crippen molar-refractivity contribution in [2.75, 3.05) is 5.73 Å². The Bertz CT molecular complexity index is 895. The van der Waals surface area contributed by atoms with Gasteiger partial charge in [-0.25, -0.2) is 4.79 Å². The second-order valence-electron chi connectivity index (χ2n) is 6.70. The van der Waals surface area contributed by atoms with Gasteiger partial charge >= 0.3 is 6.09 Å². The van der Waals surface area contributed by atoms with Crippen molar-refractivity contribution in [1.29, 1.82) is 0 Å². The maximum absolute atomic E-state index is 12.4. The fraction of sp³-hybridized carbons (Fsp3) is 0.263. The number of benzene rings is 2. The van der Waals surface area contributed by atoms with E-state index in [1.165, 1.54) is 4.68 Å². The molecular weight excluding hydrogens is 318 g/mol. The monoisotopic (exact) mass is 339 g/mol. The van der Waals surface area contributed by atoms with Crippen LogP contribution >= 0.6 is 0 Å². The van der Waals surface area contributed by atoms with Gasteiger partial charge in [-0.2, -0.15) is 4.68 Å². The van der Waals surface area contributed by atoms with Crippen LogP contribution in [0.25, 0.3) is 10.9 Å². The third-order valence-electron chi connectivity index (χ3n) is 3.50. The van der Waals surface area contributed by atoms with Gasteiger partial charge in [0, 0.05) is 0 Å². The SMILES string of the molecule is CC(C)(C)OC(=O)n1nc(N)c2c(OCc3ccccc3)cccc21. The van der Waals surface area contributed by atoms with Crippen molar-refractivity contribution < 1.29 is 14.3 Å². The molecule has 0 aliphatic carbocycles. The number of nitrogens with zero attached hydrogens (tertiary/aromatic N) is 2. The summed E-state index contributed by atoms with van der Waals surface area (Å²) < 4.78 is 12.4. The Morgan fingerprint density at radius 1 is 1.12 bits per heavy atom. The van der Waals surface area contributed by atoms with E-state index in [0.717, 1.165) is 5.56 Å². The van der Waals surface area contributed by atoms with Gasteiger partial charge in [-0.05, 0) is 38.5 Å². The number of nitrogens with two attached hydrogens (primary N) is 1. The third kappa shape index (κ3) is 3.74. The molecule has 130 valence electrons. The first-order chi connectivity index (χ1) is 11.8. The molecule has 3 aromatic rings. The molecule has 0 radical (unpaired) electrons. The normalized spacial score (nSPS) is 11.5. The minimum Gasteiger partial charge on any atom is -0.488 e. The number of aromatic nitrogens is 2. The molecule has 0 unspecified atom stereocenters. The van der Waals surface area contributed by atoms with E-state index in [0.29, 0.717) is 23.3 Å². The highest BCUT2D eigenvalue weighted by molar-refractivity contribution is 5.98. The molecule has 3 rings (SSSR count). The van der Waals surface area contributed by atoms with Crippen LogP contribution < -0.4 is 10.5 Å². The molecule has 2 aromatic carbocycles. The number of fused-ring (bicyclic) bond motifs is 1. The number of ether oxygens (including phenoxy) is 2. The fourth-order valence-electron chi connectivity index (χ4n) is 2.47. The highest BCUT2D eigenvalue weighted by atomic mass is 16.6. The maximum Gasteiger partial charge on any atom is 0.435 e. The smallest absolute Gasteiger partial charge is 0.435 e. The van der Waals surface area contributed by atoms with Crippen LogP contribution in [0.4, 0.5) is 10.6 Å². The molecule has 0 saturated carbocycles. The summed E-state index contributed by atoms with van der Waals surface area (Å²) in [5, 5.41) is 4.73. The molecule has 2 N–H and O–H groups in total. The molecule has 0 aliphatic heterocycles. The van der Waals surface area contributed by atoms with E-state index in [1.807, 2.05) is 36.4 Å². The van der Waals surface area contributed by atoms with E-state index in [-0.39, 0.29) is 5.82 Å². The molecule has 1 aromatic heterocycles. The molecule has 0 atom stereocenters. The van der Waals surface area contributed by atoms with Crippen LogP contribution in [0, 0.1) is 0 Å². The minimum atomic E-state index is -0.620. The number of carbonyl (C=O) groups excluding carboxylic acids is 1.